The zero-order chi connectivity index (χ0) is 29.9. The lowest BCUT2D eigenvalue weighted by molar-refractivity contribution is 0.446. The smallest absolute Gasteiger partial charge is 0.144 e. The number of aryl methyl sites for hydroxylation is 1. The van der Waals surface area contributed by atoms with Crippen LogP contribution < -0.4 is 0 Å². The summed E-state index contributed by atoms with van der Waals surface area (Å²) in [4.78, 5) is 14.5. The number of benzene rings is 2. The van der Waals surface area contributed by atoms with Gasteiger partial charge in [-0.3, -0.25) is 9.97 Å². The Kier molecular flexibility index (Phi) is 6.84. The molecule has 0 saturated carbocycles. The predicted octanol–water partition coefficient (Wildman–Crippen LogP) is 8.96. The fourth-order valence-electron chi connectivity index (χ4n) is 5.26. The van der Waals surface area contributed by atoms with E-state index in [2.05, 4.69) is 103 Å². The molecule has 212 valence electrons. The molecule has 41 heavy (non-hydrogen) atoms. The summed E-state index contributed by atoms with van der Waals surface area (Å²) < 4.78 is 2.05. The molecule has 5 aromatic rings. The van der Waals surface area contributed by atoms with Gasteiger partial charge in [-0.05, 0) is 63.3 Å². The lowest BCUT2D eigenvalue weighted by Gasteiger charge is -2.27. The zero-order valence-corrected chi connectivity index (χ0v) is 26.1. The van der Waals surface area contributed by atoms with Crippen LogP contribution in [0.15, 0.2) is 67.1 Å². The molecule has 0 spiro atoms. The Hall–Kier alpha value is -3.99. The van der Waals surface area contributed by atoms with E-state index in [0.29, 0.717) is 0 Å². The molecule has 0 aliphatic heterocycles. The molecule has 2 aromatic carbocycles. The molecule has 5 rings (SSSR count). The van der Waals surface area contributed by atoms with Crippen LogP contribution in [0.3, 0.4) is 0 Å². The number of nitrogens with zero attached hydrogens (tertiary/aromatic N) is 4. The predicted molar refractivity (Wildman–Crippen MR) is 170 cm³/mol. The lowest BCUT2D eigenvalue weighted by Crippen LogP contribution is -2.17. The molecule has 3 aromatic heterocycles. The third-order valence-electron chi connectivity index (χ3n) is 7.89. The second kappa shape index (κ2) is 9.83. The number of fused-ring (bicyclic) bond motifs is 1. The van der Waals surface area contributed by atoms with E-state index < -0.39 is 0 Å². The molecule has 0 unspecified atom stereocenters. The number of aromatic nitrogens is 4. The molecule has 5 nitrogen and oxygen atoms in total. The fourth-order valence-corrected chi connectivity index (χ4v) is 5.26. The molecular weight excluding hydrogens is 504 g/mol. The highest BCUT2D eigenvalue weighted by Crippen LogP contribution is 2.43. The Morgan fingerprint density at radius 1 is 0.707 bits per heavy atom. The normalized spacial score (nSPS) is 12.7. The largest absolute Gasteiger partial charge is 0.507 e. The third kappa shape index (κ3) is 5.38. The van der Waals surface area contributed by atoms with Gasteiger partial charge >= 0.3 is 0 Å². The number of phenols is 1. The standard InChI is InChI=1S/C36H42N4O/c1-34(2,3)24-16-22(15-23(17-24)29-13-11-12-14-38-29)27-20-37-21-30-31(27)39-33(40(30)10)26-18-25(35(4,5)6)19-28(32(26)41)36(7,8)9/h11-21,41H,1-10H3. The van der Waals surface area contributed by atoms with E-state index in [9.17, 15) is 5.11 Å². The number of aromatic hydroxyl groups is 1. The molecule has 0 atom stereocenters. The monoisotopic (exact) mass is 546 g/mol. The van der Waals surface area contributed by atoms with Crippen LogP contribution in [0.5, 0.6) is 5.75 Å². The molecule has 0 aliphatic carbocycles. The van der Waals surface area contributed by atoms with E-state index in [1.165, 1.54) is 11.1 Å². The molecule has 0 saturated heterocycles. The number of phenolic OH excluding ortho intramolecular Hbond substituents is 1. The number of pyridine rings is 2. The van der Waals surface area contributed by atoms with Crippen LogP contribution in [0, 0.1) is 0 Å². The Bertz CT molecular complexity index is 1740. The van der Waals surface area contributed by atoms with E-state index >= 15 is 0 Å². The van der Waals surface area contributed by atoms with Crippen LogP contribution in [-0.2, 0) is 23.3 Å². The van der Waals surface area contributed by atoms with Gasteiger partial charge in [0.2, 0.25) is 0 Å². The highest BCUT2D eigenvalue weighted by atomic mass is 16.3. The molecular formula is C36H42N4O. The summed E-state index contributed by atoms with van der Waals surface area (Å²) in [6.07, 6.45) is 5.59. The maximum Gasteiger partial charge on any atom is 0.144 e. The van der Waals surface area contributed by atoms with Gasteiger partial charge in [0, 0.05) is 36.1 Å². The van der Waals surface area contributed by atoms with Crippen LogP contribution in [0.2, 0.25) is 0 Å². The van der Waals surface area contributed by atoms with E-state index in [0.717, 1.165) is 50.4 Å². The van der Waals surface area contributed by atoms with Crippen LogP contribution in [0.1, 0.15) is 79.0 Å². The first-order valence-corrected chi connectivity index (χ1v) is 14.3. The third-order valence-corrected chi connectivity index (χ3v) is 7.89. The molecule has 0 fully saturated rings. The van der Waals surface area contributed by atoms with Gasteiger partial charge in [0.05, 0.1) is 23.0 Å². The summed E-state index contributed by atoms with van der Waals surface area (Å²) in [6, 6.07) is 16.9. The van der Waals surface area contributed by atoms with Gasteiger partial charge in [-0.1, -0.05) is 80.5 Å². The minimum Gasteiger partial charge on any atom is -0.507 e. The van der Waals surface area contributed by atoms with Crippen LogP contribution in [-0.4, -0.2) is 24.6 Å². The maximum absolute atomic E-state index is 11.6. The van der Waals surface area contributed by atoms with E-state index in [-0.39, 0.29) is 22.0 Å². The first-order chi connectivity index (χ1) is 19.1. The average molecular weight is 547 g/mol. The highest BCUT2D eigenvalue weighted by molar-refractivity contribution is 5.94. The van der Waals surface area contributed by atoms with Gasteiger partial charge in [-0.15, -0.1) is 0 Å². The topological polar surface area (TPSA) is 63.8 Å². The van der Waals surface area contributed by atoms with Gasteiger partial charge in [0.1, 0.15) is 17.1 Å². The number of rotatable bonds is 3. The summed E-state index contributed by atoms with van der Waals surface area (Å²) in [7, 11) is 2.00. The summed E-state index contributed by atoms with van der Waals surface area (Å²) in [5.41, 5.74) is 9.43. The van der Waals surface area contributed by atoms with Crippen molar-refractivity contribution in [1.29, 1.82) is 0 Å². The van der Waals surface area contributed by atoms with Gasteiger partial charge < -0.3 is 9.67 Å². The number of hydrogen-bond donors (Lipinski definition) is 1. The second-order valence-electron chi connectivity index (χ2n) is 14.2. The van der Waals surface area contributed by atoms with Gasteiger partial charge in [-0.2, -0.15) is 0 Å². The molecule has 0 radical (unpaired) electrons. The molecule has 5 heteroatoms. The second-order valence-corrected chi connectivity index (χ2v) is 14.2. The van der Waals surface area contributed by atoms with E-state index in [1.807, 2.05) is 48.4 Å². The van der Waals surface area contributed by atoms with Crippen molar-refractivity contribution in [3.05, 3.63) is 83.8 Å². The van der Waals surface area contributed by atoms with Crippen molar-refractivity contribution in [1.82, 2.24) is 19.5 Å². The van der Waals surface area contributed by atoms with Crippen molar-refractivity contribution in [3.63, 3.8) is 0 Å². The molecule has 3 heterocycles. The Balaban J connectivity index is 1.78. The lowest BCUT2D eigenvalue weighted by atomic mass is 9.79. The average Bonchev–Trinajstić information content (AvgIpc) is 3.23. The summed E-state index contributed by atoms with van der Waals surface area (Å²) in [5.74, 6) is 1.01. The Labute approximate surface area is 244 Å². The van der Waals surface area contributed by atoms with E-state index in [4.69, 9.17) is 4.98 Å². The Morgan fingerprint density at radius 2 is 1.37 bits per heavy atom. The van der Waals surface area contributed by atoms with Gasteiger partial charge in [-0.25, -0.2) is 4.98 Å². The highest BCUT2D eigenvalue weighted by Gasteiger charge is 2.28. The summed E-state index contributed by atoms with van der Waals surface area (Å²) in [6.45, 7) is 19.7. The molecule has 1 N–H and O–H groups in total. The summed E-state index contributed by atoms with van der Waals surface area (Å²) in [5, 5.41) is 11.6. The van der Waals surface area contributed by atoms with E-state index in [1.54, 1.807) is 0 Å². The van der Waals surface area contributed by atoms with Crippen molar-refractivity contribution in [3.8, 4) is 39.5 Å². The van der Waals surface area contributed by atoms with Crippen molar-refractivity contribution in [2.45, 2.75) is 78.6 Å². The first kappa shape index (κ1) is 28.5. The first-order valence-electron chi connectivity index (χ1n) is 14.3. The molecule has 0 aliphatic rings. The van der Waals surface area contributed by atoms with Gasteiger partial charge in [0.25, 0.3) is 0 Å². The van der Waals surface area contributed by atoms with Crippen molar-refractivity contribution in [2.75, 3.05) is 0 Å². The van der Waals surface area contributed by atoms with Crippen molar-refractivity contribution < 1.29 is 5.11 Å². The molecule has 0 bridgehead atoms. The summed E-state index contributed by atoms with van der Waals surface area (Å²) >= 11 is 0. The minimum absolute atomic E-state index is 0.0569. The number of imidazole rings is 1. The zero-order valence-electron chi connectivity index (χ0n) is 26.1. The minimum atomic E-state index is -0.229. The van der Waals surface area contributed by atoms with Crippen molar-refractivity contribution in [2.24, 2.45) is 7.05 Å². The number of hydrogen-bond acceptors (Lipinski definition) is 4. The van der Waals surface area contributed by atoms with Crippen LogP contribution in [0.25, 0.3) is 44.8 Å². The van der Waals surface area contributed by atoms with Gasteiger partial charge in [0.15, 0.2) is 0 Å². The van der Waals surface area contributed by atoms with Crippen molar-refractivity contribution >= 4 is 11.0 Å². The fraction of sp³-hybridized carbons (Fsp3) is 0.361. The maximum atomic E-state index is 11.6. The van der Waals surface area contributed by atoms with Crippen LogP contribution >= 0.6 is 0 Å². The Morgan fingerprint density at radius 3 is 1.98 bits per heavy atom. The van der Waals surface area contributed by atoms with Crippen LogP contribution in [0.4, 0.5) is 0 Å². The quantitative estimate of drug-likeness (QED) is 0.245. The molecule has 0 amide bonds. The SMILES string of the molecule is Cn1c(-c2cc(C(C)(C)C)cc(C(C)(C)C)c2O)nc2c(-c3cc(-c4ccccn4)cc(C(C)(C)C)c3)cncc21.